The Balaban J connectivity index is 2.33. The van der Waals surface area contributed by atoms with E-state index in [0.29, 0.717) is 16.6 Å². The van der Waals surface area contributed by atoms with E-state index in [1.807, 2.05) is 12.1 Å². The minimum Gasteiger partial charge on any atom is -0.368 e. The molecule has 90 valence electrons. The van der Waals surface area contributed by atoms with Gasteiger partial charge in [0.2, 0.25) is 0 Å². The molecule has 0 radical (unpaired) electrons. The van der Waals surface area contributed by atoms with Crippen molar-refractivity contribution in [3.8, 4) is 6.07 Å². The fourth-order valence-corrected chi connectivity index (χ4v) is 2.86. The van der Waals surface area contributed by atoms with E-state index in [1.54, 1.807) is 6.07 Å². The van der Waals surface area contributed by atoms with E-state index >= 15 is 0 Å². The van der Waals surface area contributed by atoms with Crippen LogP contribution in [0.3, 0.4) is 0 Å². The molecule has 1 aliphatic carbocycles. The summed E-state index contributed by atoms with van der Waals surface area (Å²) in [6.07, 6.45) is 5.08. The van der Waals surface area contributed by atoms with Crippen LogP contribution in [0.2, 0.25) is 5.02 Å². The van der Waals surface area contributed by atoms with E-state index in [9.17, 15) is 5.26 Å². The Hall–Kier alpha value is -1.20. The van der Waals surface area contributed by atoms with Gasteiger partial charge in [0.1, 0.15) is 6.07 Å². The number of anilines is 1. The maximum atomic E-state index is 9.19. The molecule has 1 aromatic rings. The fourth-order valence-electron chi connectivity index (χ4n) is 2.69. The first-order valence-corrected chi connectivity index (χ1v) is 6.60. The van der Waals surface area contributed by atoms with E-state index in [1.165, 1.54) is 25.7 Å². The van der Waals surface area contributed by atoms with Crippen molar-refractivity contribution in [2.75, 3.05) is 11.4 Å². The van der Waals surface area contributed by atoms with Crippen LogP contribution >= 0.6 is 11.6 Å². The van der Waals surface area contributed by atoms with E-state index in [0.717, 1.165) is 12.2 Å². The van der Waals surface area contributed by atoms with Crippen molar-refractivity contribution in [2.45, 2.75) is 38.6 Å². The van der Waals surface area contributed by atoms with Crippen LogP contribution in [-0.2, 0) is 0 Å². The third kappa shape index (κ3) is 2.56. The minimum absolute atomic E-state index is 0.591. The van der Waals surface area contributed by atoms with Gasteiger partial charge >= 0.3 is 0 Å². The van der Waals surface area contributed by atoms with Gasteiger partial charge in [-0.2, -0.15) is 5.26 Å². The predicted octanol–water partition coefficient (Wildman–Crippen LogP) is 3.98. The van der Waals surface area contributed by atoms with Crippen LogP contribution in [0.5, 0.6) is 0 Å². The lowest BCUT2D eigenvalue weighted by atomic mass is 10.1. The predicted molar refractivity (Wildman–Crippen MR) is 71.4 cm³/mol. The summed E-state index contributed by atoms with van der Waals surface area (Å²) in [5, 5.41) is 9.83. The van der Waals surface area contributed by atoms with Crippen molar-refractivity contribution in [3.05, 3.63) is 28.8 Å². The van der Waals surface area contributed by atoms with E-state index < -0.39 is 0 Å². The minimum atomic E-state index is 0.591. The molecule has 0 saturated heterocycles. The van der Waals surface area contributed by atoms with Crippen LogP contribution in [0.1, 0.15) is 38.2 Å². The standard InChI is InChI=1S/C14H17ClN2/c1-2-17(13-5-3-4-6-13)14-8-7-12(15)9-11(14)10-16/h7-9,13H,2-6H2,1H3. The number of nitrogens with zero attached hydrogens (tertiary/aromatic N) is 2. The van der Waals surface area contributed by atoms with Gasteiger partial charge < -0.3 is 4.90 Å². The monoisotopic (exact) mass is 248 g/mol. The first-order chi connectivity index (χ1) is 8.26. The molecule has 17 heavy (non-hydrogen) atoms. The quantitative estimate of drug-likeness (QED) is 0.809. The van der Waals surface area contributed by atoms with Gasteiger partial charge in [0, 0.05) is 17.6 Å². The van der Waals surface area contributed by atoms with E-state index in [2.05, 4.69) is 17.9 Å². The molecule has 1 saturated carbocycles. The van der Waals surface area contributed by atoms with Crippen LogP contribution in [-0.4, -0.2) is 12.6 Å². The zero-order chi connectivity index (χ0) is 12.3. The van der Waals surface area contributed by atoms with Gasteiger partial charge in [-0.3, -0.25) is 0 Å². The normalized spacial score (nSPS) is 15.8. The van der Waals surface area contributed by atoms with Crippen LogP contribution in [0.4, 0.5) is 5.69 Å². The Kier molecular flexibility index (Phi) is 3.91. The zero-order valence-corrected chi connectivity index (χ0v) is 10.9. The highest BCUT2D eigenvalue weighted by Crippen LogP contribution is 2.31. The topological polar surface area (TPSA) is 27.0 Å². The lowest BCUT2D eigenvalue weighted by Crippen LogP contribution is -2.33. The van der Waals surface area contributed by atoms with Gasteiger partial charge in [0.25, 0.3) is 0 Å². The highest BCUT2D eigenvalue weighted by molar-refractivity contribution is 6.30. The van der Waals surface area contributed by atoms with Crippen molar-refractivity contribution < 1.29 is 0 Å². The Morgan fingerprint density at radius 3 is 2.71 bits per heavy atom. The molecule has 1 aliphatic rings. The summed E-state index contributed by atoms with van der Waals surface area (Å²) in [4.78, 5) is 2.35. The summed E-state index contributed by atoms with van der Waals surface area (Å²) in [6, 6.07) is 8.44. The first kappa shape index (κ1) is 12.3. The summed E-state index contributed by atoms with van der Waals surface area (Å²) in [6.45, 7) is 3.09. The SMILES string of the molecule is CCN(c1ccc(Cl)cc1C#N)C1CCCC1. The molecule has 1 fully saturated rings. The number of hydrogen-bond acceptors (Lipinski definition) is 2. The van der Waals surface area contributed by atoms with Crippen molar-refractivity contribution in [1.29, 1.82) is 5.26 Å². The molecule has 2 rings (SSSR count). The lowest BCUT2D eigenvalue weighted by Gasteiger charge is -2.30. The summed E-state index contributed by atoms with van der Waals surface area (Å²) >= 11 is 5.93. The van der Waals surface area contributed by atoms with Crippen molar-refractivity contribution >= 4 is 17.3 Å². The molecule has 1 aromatic carbocycles. The van der Waals surface area contributed by atoms with Gasteiger partial charge in [0.15, 0.2) is 0 Å². The van der Waals surface area contributed by atoms with Gasteiger partial charge in [-0.15, -0.1) is 0 Å². The number of halogens is 1. The number of nitriles is 1. The Morgan fingerprint density at radius 2 is 2.12 bits per heavy atom. The summed E-state index contributed by atoms with van der Waals surface area (Å²) in [5.74, 6) is 0. The molecule has 2 nitrogen and oxygen atoms in total. The second kappa shape index (κ2) is 5.42. The molecular weight excluding hydrogens is 232 g/mol. The molecule has 0 spiro atoms. The Morgan fingerprint density at radius 1 is 1.41 bits per heavy atom. The highest BCUT2D eigenvalue weighted by Gasteiger charge is 2.23. The Bertz CT molecular complexity index is 430. The van der Waals surface area contributed by atoms with Crippen molar-refractivity contribution in [2.24, 2.45) is 0 Å². The third-order valence-corrected chi connectivity index (χ3v) is 3.73. The van der Waals surface area contributed by atoms with Crippen LogP contribution in [0.15, 0.2) is 18.2 Å². The molecule has 0 bridgehead atoms. The van der Waals surface area contributed by atoms with Gasteiger partial charge in [0.05, 0.1) is 11.3 Å². The summed E-state index contributed by atoms with van der Waals surface area (Å²) in [7, 11) is 0. The molecule has 0 amide bonds. The Labute approximate surface area is 108 Å². The second-order valence-corrected chi connectivity index (χ2v) is 4.93. The van der Waals surface area contributed by atoms with Crippen LogP contribution in [0, 0.1) is 11.3 Å². The molecular formula is C14H17ClN2. The molecule has 0 heterocycles. The van der Waals surface area contributed by atoms with Gasteiger partial charge in [-0.25, -0.2) is 0 Å². The molecule has 0 aromatic heterocycles. The molecule has 0 N–H and O–H groups in total. The van der Waals surface area contributed by atoms with Gasteiger partial charge in [-0.1, -0.05) is 24.4 Å². The second-order valence-electron chi connectivity index (χ2n) is 4.50. The summed E-state index contributed by atoms with van der Waals surface area (Å²) in [5.41, 5.74) is 1.72. The first-order valence-electron chi connectivity index (χ1n) is 6.22. The molecule has 3 heteroatoms. The fraction of sp³-hybridized carbons (Fsp3) is 0.500. The highest BCUT2D eigenvalue weighted by atomic mass is 35.5. The van der Waals surface area contributed by atoms with Crippen LogP contribution in [0.25, 0.3) is 0 Å². The molecule has 0 unspecified atom stereocenters. The lowest BCUT2D eigenvalue weighted by molar-refractivity contribution is 0.619. The third-order valence-electron chi connectivity index (χ3n) is 3.49. The number of rotatable bonds is 3. The average Bonchev–Trinajstić information content (AvgIpc) is 2.85. The van der Waals surface area contributed by atoms with E-state index in [-0.39, 0.29) is 0 Å². The smallest absolute Gasteiger partial charge is 0.101 e. The van der Waals surface area contributed by atoms with E-state index in [4.69, 9.17) is 11.6 Å². The van der Waals surface area contributed by atoms with Crippen molar-refractivity contribution in [3.63, 3.8) is 0 Å². The van der Waals surface area contributed by atoms with Gasteiger partial charge in [-0.05, 0) is 38.0 Å². The molecule has 0 atom stereocenters. The maximum Gasteiger partial charge on any atom is 0.101 e. The molecule has 0 aliphatic heterocycles. The summed E-state index contributed by atoms with van der Waals surface area (Å²) < 4.78 is 0. The van der Waals surface area contributed by atoms with Crippen LogP contribution < -0.4 is 4.90 Å². The van der Waals surface area contributed by atoms with Crippen molar-refractivity contribution in [1.82, 2.24) is 0 Å². The zero-order valence-electron chi connectivity index (χ0n) is 10.1. The number of hydrogen-bond donors (Lipinski definition) is 0. The largest absolute Gasteiger partial charge is 0.368 e. The average molecular weight is 249 g/mol. The number of benzene rings is 1. The maximum absolute atomic E-state index is 9.19.